The van der Waals surface area contributed by atoms with Gasteiger partial charge in [-0.2, -0.15) is 0 Å². The largest absolute Gasteiger partial charge is 0.494 e. The van der Waals surface area contributed by atoms with Gasteiger partial charge in [0.1, 0.15) is 5.75 Å². The van der Waals surface area contributed by atoms with Crippen molar-refractivity contribution in [2.75, 3.05) is 40.0 Å². The highest BCUT2D eigenvalue weighted by molar-refractivity contribution is 5.94. The van der Waals surface area contributed by atoms with Crippen molar-refractivity contribution >= 4 is 5.91 Å². The molecule has 5 nitrogen and oxygen atoms in total. The summed E-state index contributed by atoms with van der Waals surface area (Å²) < 4.78 is 10.6. The zero-order valence-electron chi connectivity index (χ0n) is 13.5. The second-order valence-corrected chi connectivity index (χ2v) is 6.21. The van der Waals surface area contributed by atoms with E-state index in [1.54, 1.807) is 7.11 Å². The second kappa shape index (κ2) is 7.61. The van der Waals surface area contributed by atoms with Gasteiger partial charge in [-0.05, 0) is 42.6 Å². The molecular formula is C17H26N2O3. The Morgan fingerprint density at radius 3 is 2.64 bits per heavy atom. The molecule has 1 aromatic rings. The quantitative estimate of drug-likeness (QED) is 0.782. The van der Waals surface area contributed by atoms with Crippen molar-refractivity contribution in [1.82, 2.24) is 4.90 Å². The molecule has 1 saturated heterocycles. The minimum absolute atomic E-state index is 0.0556. The summed E-state index contributed by atoms with van der Waals surface area (Å²) in [4.78, 5) is 14.4. The number of methoxy groups -OCH3 is 1. The van der Waals surface area contributed by atoms with E-state index in [-0.39, 0.29) is 11.3 Å². The average molecular weight is 306 g/mol. The predicted octanol–water partition coefficient (Wildman–Crippen LogP) is 1.91. The summed E-state index contributed by atoms with van der Waals surface area (Å²) in [5.74, 6) is 0.851. The Bertz CT molecular complexity index is 489. The number of rotatable bonds is 7. The molecule has 1 aliphatic heterocycles. The highest BCUT2D eigenvalue weighted by Crippen LogP contribution is 2.29. The van der Waals surface area contributed by atoms with Crippen LogP contribution in [0.25, 0.3) is 0 Å². The zero-order chi connectivity index (χ0) is 16.0. The third-order valence-corrected chi connectivity index (χ3v) is 4.20. The summed E-state index contributed by atoms with van der Waals surface area (Å²) in [6.07, 6.45) is 1.82. The van der Waals surface area contributed by atoms with Gasteiger partial charge >= 0.3 is 0 Å². The van der Waals surface area contributed by atoms with E-state index >= 15 is 0 Å². The first-order chi connectivity index (χ1) is 10.6. The molecule has 5 heteroatoms. The third kappa shape index (κ3) is 4.21. The molecule has 0 saturated carbocycles. The molecule has 1 atom stereocenters. The fraction of sp³-hybridized carbons (Fsp3) is 0.588. The smallest absolute Gasteiger partial charge is 0.253 e. The van der Waals surface area contributed by atoms with Crippen LogP contribution in [0.2, 0.25) is 0 Å². The maximum Gasteiger partial charge on any atom is 0.253 e. The number of hydrogen-bond acceptors (Lipinski definition) is 4. The van der Waals surface area contributed by atoms with Gasteiger partial charge in [0, 0.05) is 38.8 Å². The molecule has 1 aromatic carbocycles. The Morgan fingerprint density at radius 2 is 2.05 bits per heavy atom. The minimum atomic E-state index is 0.0556. The first-order valence-electron chi connectivity index (χ1n) is 7.79. The normalized spacial score (nSPS) is 21.1. The fourth-order valence-corrected chi connectivity index (χ4v) is 2.63. The van der Waals surface area contributed by atoms with E-state index in [4.69, 9.17) is 15.2 Å². The SMILES string of the molecule is COCCCOc1ccc(C(=O)N2CCC(C)(CN)C2)cc1. The minimum Gasteiger partial charge on any atom is -0.494 e. The number of carbonyl (C=O) groups is 1. The standard InChI is InChI=1S/C17H26N2O3/c1-17(12-18)8-9-19(13-17)16(20)14-4-6-15(7-5-14)22-11-3-10-21-2/h4-7H,3,8-13,18H2,1-2H3. The van der Waals surface area contributed by atoms with Crippen molar-refractivity contribution in [2.45, 2.75) is 19.8 Å². The van der Waals surface area contributed by atoms with Gasteiger partial charge in [0.25, 0.3) is 5.91 Å². The molecule has 1 fully saturated rings. The van der Waals surface area contributed by atoms with E-state index in [9.17, 15) is 4.79 Å². The maximum absolute atomic E-state index is 12.5. The highest BCUT2D eigenvalue weighted by Gasteiger charge is 2.35. The van der Waals surface area contributed by atoms with Crippen LogP contribution in [0, 0.1) is 5.41 Å². The lowest BCUT2D eigenvalue weighted by Gasteiger charge is -2.22. The van der Waals surface area contributed by atoms with Crippen LogP contribution in [-0.2, 0) is 4.74 Å². The number of benzene rings is 1. The van der Waals surface area contributed by atoms with Crippen LogP contribution in [0.3, 0.4) is 0 Å². The molecule has 22 heavy (non-hydrogen) atoms. The van der Waals surface area contributed by atoms with Crippen molar-refractivity contribution in [3.05, 3.63) is 29.8 Å². The number of carbonyl (C=O) groups excluding carboxylic acids is 1. The number of amides is 1. The Hall–Kier alpha value is -1.59. The van der Waals surface area contributed by atoms with Crippen LogP contribution in [0.15, 0.2) is 24.3 Å². The molecule has 122 valence electrons. The summed E-state index contributed by atoms with van der Waals surface area (Å²) in [5, 5.41) is 0. The van der Waals surface area contributed by atoms with Crippen LogP contribution in [0.5, 0.6) is 5.75 Å². The van der Waals surface area contributed by atoms with Gasteiger partial charge in [0.2, 0.25) is 0 Å². The molecule has 0 bridgehead atoms. The van der Waals surface area contributed by atoms with Gasteiger partial charge in [-0.15, -0.1) is 0 Å². The van der Waals surface area contributed by atoms with Gasteiger partial charge in [-0.25, -0.2) is 0 Å². The summed E-state index contributed by atoms with van der Waals surface area (Å²) in [6, 6.07) is 7.34. The molecule has 0 radical (unpaired) electrons. The van der Waals surface area contributed by atoms with Gasteiger partial charge in [0.05, 0.1) is 6.61 Å². The van der Waals surface area contributed by atoms with E-state index in [2.05, 4.69) is 6.92 Å². The number of likely N-dealkylation sites (tertiary alicyclic amines) is 1. The summed E-state index contributed by atoms with van der Waals surface area (Å²) in [6.45, 7) is 5.56. The van der Waals surface area contributed by atoms with Crippen LogP contribution >= 0.6 is 0 Å². The Kier molecular flexibility index (Phi) is 5.80. The third-order valence-electron chi connectivity index (χ3n) is 4.20. The second-order valence-electron chi connectivity index (χ2n) is 6.21. The lowest BCUT2D eigenvalue weighted by molar-refractivity contribution is 0.0777. The zero-order valence-corrected chi connectivity index (χ0v) is 13.5. The van der Waals surface area contributed by atoms with E-state index in [1.165, 1.54) is 0 Å². The topological polar surface area (TPSA) is 64.8 Å². The molecule has 1 heterocycles. The molecular weight excluding hydrogens is 280 g/mol. The van der Waals surface area contributed by atoms with Crippen molar-refractivity contribution in [2.24, 2.45) is 11.1 Å². The van der Waals surface area contributed by atoms with Gasteiger partial charge in [-0.3, -0.25) is 4.79 Å². The molecule has 1 unspecified atom stereocenters. The highest BCUT2D eigenvalue weighted by atomic mass is 16.5. The summed E-state index contributed by atoms with van der Waals surface area (Å²) in [7, 11) is 1.68. The van der Waals surface area contributed by atoms with Crippen LogP contribution in [0.4, 0.5) is 0 Å². The number of hydrogen-bond donors (Lipinski definition) is 1. The first-order valence-corrected chi connectivity index (χ1v) is 7.79. The van der Waals surface area contributed by atoms with Crippen molar-refractivity contribution in [1.29, 1.82) is 0 Å². The van der Waals surface area contributed by atoms with Crippen molar-refractivity contribution < 1.29 is 14.3 Å². The Morgan fingerprint density at radius 1 is 1.32 bits per heavy atom. The predicted molar refractivity (Wildman–Crippen MR) is 86.1 cm³/mol. The van der Waals surface area contributed by atoms with E-state index in [0.29, 0.717) is 25.3 Å². The molecule has 0 aliphatic carbocycles. The van der Waals surface area contributed by atoms with Gasteiger partial charge in [0.15, 0.2) is 0 Å². The fourth-order valence-electron chi connectivity index (χ4n) is 2.63. The van der Waals surface area contributed by atoms with E-state index < -0.39 is 0 Å². The molecule has 0 aromatic heterocycles. The number of nitrogens with zero attached hydrogens (tertiary/aromatic N) is 1. The molecule has 0 spiro atoms. The molecule has 1 aliphatic rings. The van der Waals surface area contributed by atoms with Gasteiger partial charge in [-0.1, -0.05) is 6.92 Å². The number of ether oxygens (including phenoxy) is 2. The molecule has 1 amide bonds. The van der Waals surface area contributed by atoms with Crippen molar-refractivity contribution in [3.63, 3.8) is 0 Å². The maximum atomic E-state index is 12.5. The van der Waals surface area contributed by atoms with E-state index in [1.807, 2.05) is 29.2 Å². The lowest BCUT2D eigenvalue weighted by atomic mass is 9.90. The lowest BCUT2D eigenvalue weighted by Crippen LogP contribution is -2.34. The Labute approximate surface area is 132 Å². The Balaban J connectivity index is 1.89. The summed E-state index contributed by atoms with van der Waals surface area (Å²) in [5.41, 5.74) is 6.55. The van der Waals surface area contributed by atoms with Crippen LogP contribution < -0.4 is 10.5 Å². The summed E-state index contributed by atoms with van der Waals surface area (Å²) >= 11 is 0. The van der Waals surface area contributed by atoms with E-state index in [0.717, 1.165) is 31.7 Å². The number of nitrogens with two attached hydrogens (primary N) is 1. The molecule has 2 N–H and O–H groups in total. The van der Waals surface area contributed by atoms with Crippen LogP contribution in [0.1, 0.15) is 30.1 Å². The average Bonchev–Trinajstić information content (AvgIpc) is 2.95. The van der Waals surface area contributed by atoms with Crippen LogP contribution in [-0.4, -0.2) is 50.8 Å². The van der Waals surface area contributed by atoms with Gasteiger partial charge < -0.3 is 20.1 Å². The van der Waals surface area contributed by atoms with Crippen molar-refractivity contribution in [3.8, 4) is 5.75 Å². The monoisotopic (exact) mass is 306 g/mol. The molecule has 2 rings (SSSR count). The first kappa shape index (κ1) is 16.8.